The zero-order valence-electron chi connectivity index (χ0n) is 7.61. The number of carbonyl (C=O) groups is 1. The number of carboxylic acids is 1. The van der Waals surface area contributed by atoms with Gasteiger partial charge in [-0.05, 0) is 13.3 Å². The predicted octanol–water partition coefficient (Wildman–Crippen LogP) is 0.831. The minimum atomic E-state index is -1.04. The first-order chi connectivity index (χ1) is 6.15. The number of nitrogens with zero attached hydrogens (tertiary/aromatic N) is 3. The maximum atomic E-state index is 10.7. The van der Waals surface area contributed by atoms with Crippen molar-refractivity contribution in [2.45, 2.75) is 26.7 Å². The van der Waals surface area contributed by atoms with Crippen molar-refractivity contribution in [2.75, 3.05) is 0 Å². The Kier molecular flexibility index (Phi) is 2.89. The Bertz CT molecular complexity index is 325. The van der Waals surface area contributed by atoms with E-state index in [9.17, 15) is 4.79 Å². The standard InChI is InChI=1S/C8H11N3O2/c1-3-4-6-7(8(12)13)9-5(2)10-11-6/h3-4H2,1-2H3,(H,12,13). The lowest BCUT2D eigenvalue weighted by atomic mass is 10.2. The molecule has 0 aliphatic heterocycles. The van der Waals surface area contributed by atoms with Gasteiger partial charge in [0.1, 0.15) is 5.82 Å². The van der Waals surface area contributed by atoms with Crippen LogP contribution < -0.4 is 0 Å². The average molecular weight is 181 g/mol. The van der Waals surface area contributed by atoms with Crippen LogP contribution in [0.1, 0.15) is 35.4 Å². The summed E-state index contributed by atoms with van der Waals surface area (Å²) in [5.41, 5.74) is 0.481. The van der Waals surface area contributed by atoms with Gasteiger partial charge in [0.05, 0.1) is 5.69 Å². The van der Waals surface area contributed by atoms with Crippen LogP contribution in [0.25, 0.3) is 0 Å². The molecular weight excluding hydrogens is 170 g/mol. The van der Waals surface area contributed by atoms with E-state index < -0.39 is 5.97 Å². The highest BCUT2D eigenvalue weighted by Gasteiger charge is 2.13. The van der Waals surface area contributed by atoms with Crippen molar-refractivity contribution >= 4 is 5.97 Å². The number of aryl methyl sites for hydroxylation is 2. The summed E-state index contributed by atoms with van der Waals surface area (Å²) in [5.74, 6) is -0.654. The van der Waals surface area contributed by atoms with E-state index in [0.29, 0.717) is 17.9 Å². The van der Waals surface area contributed by atoms with Gasteiger partial charge in [0.2, 0.25) is 0 Å². The molecule has 0 bridgehead atoms. The third-order valence-corrected chi connectivity index (χ3v) is 1.55. The van der Waals surface area contributed by atoms with Crippen LogP contribution in [0.4, 0.5) is 0 Å². The van der Waals surface area contributed by atoms with Gasteiger partial charge in [0.25, 0.3) is 0 Å². The van der Waals surface area contributed by atoms with Crippen molar-refractivity contribution in [1.82, 2.24) is 15.2 Å². The van der Waals surface area contributed by atoms with Gasteiger partial charge in [0, 0.05) is 0 Å². The molecule has 1 N–H and O–H groups in total. The Morgan fingerprint density at radius 2 is 2.15 bits per heavy atom. The maximum absolute atomic E-state index is 10.7. The smallest absolute Gasteiger partial charge is 0.356 e. The summed E-state index contributed by atoms with van der Waals surface area (Å²) < 4.78 is 0. The lowest BCUT2D eigenvalue weighted by Crippen LogP contribution is -2.11. The molecule has 0 saturated carbocycles. The van der Waals surface area contributed by atoms with Gasteiger partial charge >= 0.3 is 5.97 Å². The second kappa shape index (κ2) is 3.93. The molecule has 5 heteroatoms. The Labute approximate surface area is 75.8 Å². The lowest BCUT2D eigenvalue weighted by molar-refractivity contribution is 0.0687. The van der Waals surface area contributed by atoms with Crippen molar-refractivity contribution in [3.8, 4) is 0 Å². The highest BCUT2D eigenvalue weighted by atomic mass is 16.4. The van der Waals surface area contributed by atoms with E-state index in [1.54, 1.807) is 6.92 Å². The fourth-order valence-corrected chi connectivity index (χ4v) is 1.01. The third kappa shape index (κ3) is 2.21. The molecule has 1 aromatic heterocycles. The maximum Gasteiger partial charge on any atom is 0.356 e. The highest BCUT2D eigenvalue weighted by Crippen LogP contribution is 2.04. The summed E-state index contributed by atoms with van der Waals surface area (Å²) in [5, 5.41) is 16.3. The van der Waals surface area contributed by atoms with Gasteiger partial charge in [-0.2, -0.15) is 5.10 Å². The van der Waals surface area contributed by atoms with E-state index in [2.05, 4.69) is 15.2 Å². The summed E-state index contributed by atoms with van der Waals surface area (Å²) in [7, 11) is 0. The van der Waals surface area contributed by atoms with Crippen LogP contribution in [0.2, 0.25) is 0 Å². The molecule has 0 aliphatic carbocycles. The molecule has 0 unspecified atom stereocenters. The molecule has 0 aliphatic rings. The molecule has 1 aromatic rings. The molecule has 0 radical (unpaired) electrons. The Balaban J connectivity index is 3.10. The predicted molar refractivity (Wildman–Crippen MR) is 45.5 cm³/mol. The zero-order chi connectivity index (χ0) is 9.84. The van der Waals surface area contributed by atoms with Crippen molar-refractivity contribution in [2.24, 2.45) is 0 Å². The van der Waals surface area contributed by atoms with Crippen molar-refractivity contribution in [3.05, 3.63) is 17.2 Å². The fourth-order valence-electron chi connectivity index (χ4n) is 1.01. The fraction of sp³-hybridized carbons (Fsp3) is 0.500. The molecule has 5 nitrogen and oxygen atoms in total. The monoisotopic (exact) mass is 181 g/mol. The Morgan fingerprint density at radius 1 is 1.46 bits per heavy atom. The largest absolute Gasteiger partial charge is 0.476 e. The van der Waals surface area contributed by atoms with E-state index in [1.165, 1.54) is 0 Å². The molecule has 0 atom stereocenters. The van der Waals surface area contributed by atoms with E-state index in [4.69, 9.17) is 5.11 Å². The number of hydrogen-bond donors (Lipinski definition) is 1. The SMILES string of the molecule is CCCc1nnc(C)nc1C(=O)O. The van der Waals surface area contributed by atoms with E-state index in [-0.39, 0.29) is 5.69 Å². The molecule has 0 saturated heterocycles. The molecule has 0 aromatic carbocycles. The second-order valence-corrected chi connectivity index (χ2v) is 2.71. The molecule has 0 amide bonds. The second-order valence-electron chi connectivity index (χ2n) is 2.71. The van der Waals surface area contributed by atoms with Gasteiger partial charge < -0.3 is 5.11 Å². The van der Waals surface area contributed by atoms with Crippen LogP contribution in [-0.2, 0) is 6.42 Å². The van der Waals surface area contributed by atoms with Gasteiger partial charge in [0.15, 0.2) is 5.69 Å². The molecule has 1 heterocycles. The van der Waals surface area contributed by atoms with Crippen LogP contribution in [-0.4, -0.2) is 26.3 Å². The first kappa shape index (κ1) is 9.57. The highest BCUT2D eigenvalue weighted by molar-refractivity contribution is 5.86. The number of aromatic nitrogens is 3. The molecule has 0 spiro atoms. The van der Waals surface area contributed by atoms with Crippen LogP contribution in [0.15, 0.2) is 0 Å². The summed E-state index contributed by atoms with van der Waals surface area (Å²) in [4.78, 5) is 14.5. The first-order valence-electron chi connectivity index (χ1n) is 4.08. The van der Waals surface area contributed by atoms with Gasteiger partial charge in [-0.3, -0.25) is 0 Å². The molecular formula is C8H11N3O2. The quantitative estimate of drug-likeness (QED) is 0.747. The van der Waals surface area contributed by atoms with E-state index in [1.807, 2.05) is 6.92 Å². The first-order valence-corrected chi connectivity index (χ1v) is 4.08. The topological polar surface area (TPSA) is 76.0 Å². The number of carboxylic acid groups (broad SMARTS) is 1. The number of rotatable bonds is 3. The number of aromatic carboxylic acids is 1. The van der Waals surface area contributed by atoms with Crippen molar-refractivity contribution in [1.29, 1.82) is 0 Å². The Morgan fingerprint density at radius 3 is 2.69 bits per heavy atom. The molecule has 1 rings (SSSR count). The summed E-state index contributed by atoms with van der Waals surface area (Å²) in [6.07, 6.45) is 1.43. The van der Waals surface area contributed by atoms with Gasteiger partial charge in [-0.15, -0.1) is 5.10 Å². The van der Waals surface area contributed by atoms with Crippen LogP contribution in [0, 0.1) is 6.92 Å². The van der Waals surface area contributed by atoms with Gasteiger partial charge in [-0.1, -0.05) is 13.3 Å². The molecule has 70 valence electrons. The minimum absolute atomic E-state index is 0.0225. The normalized spacial score (nSPS) is 10.0. The zero-order valence-corrected chi connectivity index (χ0v) is 7.61. The van der Waals surface area contributed by atoms with E-state index in [0.717, 1.165) is 6.42 Å². The summed E-state index contributed by atoms with van der Waals surface area (Å²) >= 11 is 0. The summed E-state index contributed by atoms with van der Waals surface area (Å²) in [6.45, 7) is 3.57. The van der Waals surface area contributed by atoms with Crippen molar-refractivity contribution < 1.29 is 9.90 Å². The van der Waals surface area contributed by atoms with Crippen LogP contribution in [0.5, 0.6) is 0 Å². The lowest BCUT2D eigenvalue weighted by Gasteiger charge is -2.01. The summed E-state index contributed by atoms with van der Waals surface area (Å²) in [6, 6.07) is 0. The van der Waals surface area contributed by atoms with Crippen molar-refractivity contribution in [3.63, 3.8) is 0 Å². The molecule has 0 fully saturated rings. The number of hydrogen-bond acceptors (Lipinski definition) is 4. The Hall–Kier alpha value is -1.52. The third-order valence-electron chi connectivity index (χ3n) is 1.55. The molecule has 13 heavy (non-hydrogen) atoms. The minimum Gasteiger partial charge on any atom is -0.476 e. The van der Waals surface area contributed by atoms with E-state index >= 15 is 0 Å². The van der Waals surface area contributed by atoms with Crippen LogP contribution in [0.3, 0.4) is 0 Å². The van der Waals surface area contributed by atoms with Crippen LogP contribution >= 0.6 is 0 Å². The average Bonchev–Trinajstić information content (AvgIpc) is 2.08. The van der Waals surface area contributed by atoms with Gasteiger partial charge in [-0.25, -0.2) is 9.78 Å².